The van der Waals surface area contributed by atoms with Gasteiger partial charge in [-0.25, -0.2) is 4.79 Å². The van der Waals surface area contributed by atoms with Gasteiger partial charge in [0.15, 0.2) is 0 Å². The van der Waals surface area contributed by atoms with Crippen LogP contribution in [0.4, 0.5) is 0 Å². The molecule has 0 radical (unpaired) electrons. The first kappa shape index (κ1) is 18.7. The minimum Gasteiger partial charge on any atom is -0.457 e. The van der Waals surface area contributed by atoms with E-state index >= 15 is 0 Å². The second kappa shape index (κ2) is 7.99. The standard InChI is InChI=1S/C9H10ClNO.C8H5ClO2.CH4/c10-8-3-1-2-6-7(8)5-12-9(6)4-11;9-7-3-1-2-5-6(7)4-11-8(5)10;/h1-3,9H,4-5,11H2;1-3H,4H2;1H4. The lowest BCUT2D eigenvalue weighted by atomic mass is 10.1. The van der Waals surface area contributed by atoms with Crippen LogP contribution in [0.1, 0.15) is 40.6 Å². The third kappa shape index (κ3) is 3.57. The molecule has 1 unspecified atom stereocenters. The smallest absolute Gasteiger partial charge is 0.338 e. The molecule has 2 aromatic carbocycles. The first-order chi connectivity index (χ1) is 11.1. The van der Waals surface area contributed by atoms with E-state index in [1.807, 2.05) is 18.2 Å². The molecule has 2 N–H and O–H groups in total. The number of hydrogen-bond acceptors (Lipinski definition) is 4. The molecule has 6 heteroatoms. The van der Waals surface area contributed by atoms with Gasteiger partial charge in [0.05, 0.1) is 18.3 Å². The number of carbonyl (C=O) groups excluding carboxylic acids is 1. The van der Waals surface area contributed by atoms with Crippen LogP contribution in [0.25, 0.3) is 0 Å². The third-order valence-corrected chi connectivity index (χ3v) is 4.54. The Morgan fingerprint density at radius 2 is 1.71 bits per heavy atom. The summed E-state index contributed by atoms with van der Waals surface area (Å²) in [5.74, 6) is -0.275. The van der Waals surface area contributed by atoms with Crippen LogP contribution in [-0.2, 0) is 22.7 Å². The van der Waals surface area contributed by atoms with Gasteiger partial charge in [-0.2, -0.15) is 0 Å². The topological polar surface area (TPSA) is 61.5 Å². The highest BCUT2D eigenvalue weighted by Gasteiger charge is 2.23. The van der Waals surface area contributed by atoms with Crippen molar-refractivity contribution in [3.63, 3.8) is 0 Å². The number of benzene rings is 2. The predicted octanol–water partition coefficient (Wildman–Crippen LogP) is 4.52. The van der Waals surface area contributed by atoms with Crippen LogP contribution in [-0.4, -0.2) is 12.5 Å². The molecule has 2 heterocycles. The summed E-state index contributed by atoms with van der Waals surface area (Å²) in [6.45, 7) is 1.43. The SMILES string of the molecule is C.NCC1OCc2c(Cl)cccc21.O=C1OCc2c(Cl)cccc21. The van der Waals surface area contributed by atoms with Crippen LogP contribution >= 0.6 is 23.2 Å². The van der Waals surface area contributed by atoms with Crippen molar-refractivity contribution >= 4 is 29.2 Å². The maximum Gasteiger partial charge on any atom is 0.338 e. The van der Waals surface area contributed by atoms with Crippen molar-refractivity contribution in [2.24, 2.45) is 5.73 Å². The summed E-state index contributed by atoms with van der Waals surface area (Å²) in [7, 11) is 0. The Morgan fingerprint density at radius 3 is 2.38 bits per heavy atom. The van der Waals surface area contributed by atoms with E-state index in [9.17, 15) is 4.79 Å². The predicted molar refractivity (Wildman–Crippen MR) is 95.3 cm³/mol. The van der Waals surface area contributed by atoms with E-state index in [0.29, 0.717) is 30.3 Å². The molecule has 0 amide bonds. The zero-order chi connectivity index (χ0) is 16.4. The van der Waals surface area contributed by atoms with E-state index in [0.717, 1.165) is 21.7 Å². The van der Waals surface area contributed by atoms with Crippen molar-refractivity contribution in [2.75, 3.05) is 6.54 Å². The third-order valence-electron chi connectivity index (χ3n) is 3.83. The van der Waals surface area contributed by atoms with Gasteiger partial charge in [-0.15, -0.1) is 0 Å². The second-order valence-corrected chi connectivity index (χ2v) is 6.00. The number of cyclic esters (lactones) is 1. The summed E-state index contributed by atoms with van der Waals surface area (Å²) in [5, 5.41) is 1.39. The van der Waals surface area contributed by atoms with Crippen LogP contribution in [0.3, 0.4) is 0 Å². The number of ether oxygens (including phenoxy) is 2. The van der Waals surface area contributed by atoms with E-state index < -0.39 is 0 Å². The number of nitrogens with two attached hydrogens (primary N) is 1. The average Bonchev–Trinajstić information content (AvgIpc) is 3.14. The largest absolute Gasteiger partial charge is 0.457 e. The Kier molecular flexibility index (Phi) is 6.24. The highest BCUT2D eigenvalue weighted by atomic mass is 35.5. The fourth-order valence-electron chi connectivity index (χ4n) is 2.61. The summed E-state index contributed by atoms with van der Waals surface area (Å²) in [6, 6.07) is 11.0. The molecule has 128 valence electrons. The molecule has 24 heavy (non-hydrogen) atoms. The molecule has 0 spiro atoms. The molecule has 2 aliphatic heterocycles. The number of carbonyl (C=O) groups is 1. The number of hydrogen-bond donors (Lipinski definition) is 1. The number of rotatable bonds is 1. The van der Waals surface area contributed by atoms with Gasteiger partial charge in [0, 0.05) is 27.7 Å². The van der Waals surface area contributed by atoms with Gasteiger partial charge >= 0.3 is 5.97 Å². The zero-order valence-corrected chi connectivity index (χ0v) is 13.7. The monoisotopic (exact) mass is 367 g/mol. The Labute approximate surface area is 151 Å². The second-order valence-electron chi connectivity index (χ2n) is 5.19. The summed E-state index contributed by atoms with van der Waals surface area (Å²) in [5.41, 5.74) is 9.17. The van der Waals surface area contributed by atoms with Crippen LogP contribution in [0, 0.1) is 0 Å². The molecule has 4 nitrogen and oxygen atoms in total. The summed E-state index contributed by atoms with van der Waals surface area (Å²) in [6.07, 6.45) is 0.0405. The zero-order valence-electron chi connectivity index (χ0n) is 12.2. The van der Waals surface area contributed by atoms with Gasteiger partial charge in [-0.1, -0.05) is 48.8 Å². The maximum absolute atomic E-state index is 10.9. The molecule has 2 aliphatic rings. The molecular formula is C18H19Cl2NO3. The van der Waals surface area contributed by atoms with Gasteiger partial charge < -0.3 is 15.2 Å². The lowest BCUT2D eigenvalue weighted by Gasteiger charge is -2.06. The Balaban J connectivity index is 0.000000167. The van der Waals surface area contributed by atoms with Crippen molar-refractivity contribution in [3.05, 3.63) is 68.7 Å². The van der Waals surface area contributed by atoms with Crippen molar-refractivity contribution in [1.82, 2.24) is 0 Å². The fraction of sp³-hybridized carbons (Fsp3) is 0.278. The molecule has 0 fully saturated rings. The van der Waals surface area contributed by atoms with Crippen molar-refractivity contribution in [2.45, 2.75) is 26.7 Å². The minimum atomic E-state index is -0.275. The molecule has 0 bridgehead atoms. The lowest BCUT2D eigenvalue weighted by Crippen LogP contribution is -2.10. The Morgan fingerprint density at radius 1 is 1.04 bits per heavy atom. The number of fused-ring (bicyclic) bond motifs is 2. The molecule has 0 saturated carbocycles. The van der Waals surface area contributed by atoms with Crippen LogP contribution in [0.15, 0.2) is 36.4 Å². The maximum atomic E-state index is 10.9. The van der Waals surface area contributed by atoms with E-state index in [1.54, 1.807) is 18.2 Å². The normalized spacial score (nSPS) is 17.1. The Hall–Kier alpha value is -1.59. The average molecular weight is 368 g/mol. The summed E-state index contributed by atoms with van der Waals surface area (Å²) < 4.78 is 10.2. The molecule has 0 aromatic heterocycles. The van der Waals surface area contributed by atoms with E-state index in [4.69, 9.17) is 38.4 Å². The minimum absolute atomic E-state index is 0. The van der Waals surface area contributed by atoms with Gasteiger partial charge in [-0.3, -0.25) is 0 Å². The van der Waals surface area contributed by atoms with E-state index in [-0.39, 0.29) is 19.5 Å². The molecule has 2 aromatic rings. The van der Waals surface area contributed by atoms with Gasteiger partial charge in [0.2, 0.25) is 0 Å². The van der Waals surface area contributed by atoms with Crippen molar-refractivity contribution in [3.8, 4) is 0 Å². The van der Waals surface area contributed by atoms with Crippen LogP contribution in [0.2, 0.25) is 10.0 Å². The fourth-order valence-corrected chi connectivity index (χ4v) is 3.08. The van der Waals surface area contributed by atoms with Crippen LogP contribution < -0.4 is 5.73 Å². The van der Waals surface area contributed by atoms with Crippen LogP contribution in [0.5, 0.6) is 0 Å². The summed E-state index contributed by atoms with van der Waals surface area (Å²) in [4.78, 5) is 10.9. The highest BCUT2D eigenvalue weighted by molar-refractivity contribution is 6.32. The number of esters is 1. The van der Waals surface area contributed by atoms with Crippen molar-refractivity contribution in [1.29, 1.82) is 0 Å². The number of halogens is 2. The molecule has 0 aliphatic carbocycles. The molecule has 0 saturated heterocycles. The Bertz CT molecular complexity index is 749. The summed E-state index contributed by atoms with van der Waals surface area (Å²) >= 11 is 11.8. The quantitative estimate of drug-likeness (QED) is 0.752. The lowest BCUT2D eigenvalue weighted by molar-refractivity contribution is 0.0535. The van der Waals surface area contributed by atoms with Gasteiger partial charge in [0.1, 0.15) is 6.61 Å². The van der Waals surface area contributed by atoms with Gasteiger partial charge in [0.25, 0.3) is 0 Å². The van der Waals surface area contributed by atoms with Crippen molar-refractivity contribution < 1.29 is 14.3 Å². The van der Waals surface area contributed by atoms with E-state index in [2.05, 4.69) is 0 Å². The molecule has 4 rings (SSSR count). The first-order valence-electron chi connectivity index (χ1n) is 7.15. The molecular weight excluding hydrogens is 349 g/mol. The molecule has 1 atom stereocenters. The highest BCUT2D eigenvalue weighted by Crippen LogP contribution is 2.34. The van der Waals surface area contributed by atoms with Gasteiger partial charge in [-0.05, 0) is 23.8 Å². The van der Waals surface area contributed by atoms with E-state index in [1.165, 1.54) is 0 Å². The first-order valence-corrected chi connectivity index (χ1v) is 7.91.